The highest BCUT2D eigenvalue weighted by molar-refractivity contribution is 9.10. The molecule has 0 unspecified atom stereocenters. The quantitative estimate of drug-likeness (QED) is 0.863. The Morgan fingerprint density at radius 2 is 1.90 bits per heavy atom. The fraction of sp³-hybridized carbons (Fsp3) is 0.200. The first-order chi connectivity index (χ1) is 10.1. The summed E-state index contributed by atoms with van der Waals surface area (Å²) in [4.78, 5) is 24.8. The van der Waals surface area contributed by atoms with Gasteiger partial charge in [0.25, 0.3) is 5.91 Å². The first-order valence-corrected chi connectivity index (χ1v) is 7.20. The van der Waals surface area contributed by atoms with Crippen molar-refractivity contribution in [2.45, 2.75) is 12.8 Å². The van der Waals surface area contributed by atoms with Gasteiger partial charge in [0.05, 0.1) is 11.8 Å². The number of nitrogens with zero attached hydrogens (tertiary/aromatic N) is 1. The number of carboxylic acid groups (broad SMARTS) is 1. The largest absolute Gasteiger partial charge is 0.481 e. The van der Waals surface area contributed by atoms with E-state index in [9.17, 15) is 9.59 Å². The first kappa shape index (κ1) is 15.3. The predicted octanol–water partition coefficient (Wildman–Crippen LogP) is 3.55. The van der Waals surface area contributed by atoms with Crippen LogP contribution < -0.4 is 4.90 Å². The topological polar surface area (TPSA) is 70.8 Å². The Balaban J connectivity index is 2.21. The molecule has 2 rings (SSSR count). The maximum Gasteiger partial charge on any atom is 0.303 e. The Hall–Kier alpha value is -2.08. The molecule has 0 spiro atoms. The Labute approximate surface area is 130 Å². The summed E-state index contributed by atoms with van der Waals surface area (Å²) < 4.78 is 5.46. The summed E-state index contributed by atoms with van der Waals surface area (Å²) in [6.07, 6.45) is 1.83. The van der Waals surface area contributed by atoms with Gasteiger partial charge >= 0.3 is 5.97 Å². The minimum absolute atomic E-state index is 0.0170. The van der Waals surface area contributed by atoms with Crippen molar-refractivity contribution in [1.29, 1.82) is 0 Å². The third-order valence-corrected chi connectivity index (χ3v) is 3.55. The molecule has 0 aliphatic heterocycles. The van der Waals surface area contributed by atoms with Crippen LogP contribution in [-0.4, -0.2) is 23.5 Å². The van der Waals surface area contributed by atoms with Crippen LogP contribution in [0.5, 0.6) is 0 Å². The highest BCUT2D eigenvalue weighted by Gasteiger charge is 2.21. The van der Waals surface area contributed by atoms with Crippen LogP contribution in [0.2, 0.25) is 0 Å². The maximum absolute atomic E-state index is 12.6. The average molecular weight is 352 g/mol. The zero-order valence-electron chi connectivity index (χ0n) is 11.2. The molecule has 1 aromatic carbocycles. The summed E-state index contributed by atoms with van der Waals surface area (Å²) in [6, 6.07) is 10.7. The fourth-order valence-electron chi connectivity index (χ4n) is 1.94. The molecule has 0 saturated carbocycles. The van der Waals surface area contributed by atoms with Gasteiger partial charge in [0.1, 0.15) is 0 Å². The van der Waals surface area contributed by atoms with Crippen molar-refractivity contribution in [3.63, 3.8) is 0 Å². The molecule has 0 aliphatic rings. The smallest absolute Gasteiger partial charge is 0.303 e. The molecule has 1 heterocycles. The Kier molecular flexibility index (Phi) is 5.16. The van der Waals surface area contributed by atoms with Gasteiger partial charge in [0, 0.05) is 18.7 Å². The molecular formula is C15H14BrNO4. The van der Waals surface area contributed by atoms with Gasteiger partial charge in [-0.1, -0.05) is 18.2 Å². The molecule has 5 nitrogen and oxygen atoms in total. The van der Waals surface area contributed by atoms with Crippen LogP contribution in [0.4, 0.5) is 5.69 Å². The van der Waals surface area contributed by atoms with Gasteiger partial charge in [-0.2, -0.15) is 0 Å². The average Bonchev–Trinajstić information content (AvgIpc) is 2.90. The summed E-state index contributed by atoms with van der Waals surface area (Å²) in [7, 11) is 0. The molecule has 0 aliphatic carbocycles. The summed E-state index contributed by atoms with van der Waals surface area (Å²) in [5.41, 5.74) is 1.13. The number of hydrogen-bond acceptors (Lipinski definition) is 3. The molecule has 0 radical (unpaired) electrons. The number of rotatable bonds is 6. The summed E-state index contributed by atoms with van der Waals surface area (Å²) in [6.45, 7) is 0.326. The molecule has 0 saturated heterocycles. The third kappa shape index (κ3) is 3.95. The van der Waals surface area contributed by atoms with Crippen molar-refractivity contribution in [1.82, 2.24) is 0 Å². The lowest BCUT2D eigenvalue weighted by Gasteiger charge is -2.22. The van der Waals surface area contributed by atoms with Crippen LogP contribution in [0.25, 0.3) is 0 Å². The molecule has 6 heteroatoms. The van der Waals surface area contributed by atoms with Gasteiger partial charge in [-0.05, 0) is 40.5 Å². The predicted molar refractivity (Wildman–Crippen MR) is 81.4 cm³/mol. The van der Waals surface area contributed by atoms with Crippen molar-refractivity contribution in [2.75, 3.05) is 11.4 Å². The van der Waals surface area contributed by atoms with Crippen LogP contribution in [0.15, 0.2) is 51.7 Å². The van der Waals surface area contributed by atoms with Crippen LogP contribution in [-0.2, 0) is 4.79 Å². The lowest BCUT2D eigenvalue weighted by atomic mass is 10.2. The molecule has 0 bridgehead atoms. The Morgan fingerprint density at radius 1 is 1.19 bits per heavy atom. The highest BCUT2D eigenvalue weighted by Crippen LogP contribution is 2.23. The molecular weight excluding hydrogens is 338 g/mol. The molecule has 2 aromatic rings. The zero-order valence-corrected chi connectivity index (χ0v) is 12.7. The SMILES string of the molecule is O=C(O)CCCN(C(=O)c1ccoc1Br)c1ccccc1. The number of anilines is 1. The Morgan fingerprint density at radius 3 is 2.48 bits per heavy atom. The van der Waals surface area contributed by atoms with Crippen molar-refractivity contribution in [3.8, 4) is 0 Å². The molecule has 0 atom stereocenters. The number of para-hydroxylation sites is 1. The van der Waals surface area contributed by atoms with E-state index < -0.39 is 5.97 Å². The number of aliphatic carboxylic acids is 1. The highest BCUT2D eigenvalue weighted by atomic mass is 79.9. The molecule has 0 fully saturated rings. The van der Waals surface area contributed by atoms with Gasteiger partial charge < -0.3 is 14.4 Å². The van der Waals surface area contributed by atoms with E-state index >= 15 is 0 Å². The molecule has 110 valence electrons. The zero-order chi connectivity index (χ0) is 15.2. The number of carbonyl (C=O) groups excluding carboxylic acids is 1. The number of hydrogen-bond donors (Lipinski definition) is 1. The standard InChI is InChI=1S/C15H14BrNO4/c16-14-12(8-10-21-14)15(20)17(9-4-7-13(18)19)11-5-2-1-3-6-11/h1-3,5-6,8,10H,4,7,9H2,(H,18,19). The fourth-order valence-corrected chi connectivity index (χ4v) is 2.35. The number of carboxylic acids is 1. The number of carbonyl (C=O) groups is 2. The van der Waals surface area contributed by atoms with Crippen molar-refractivity contribution < 1.29 is 19.1 Å². The van der Waals surface area contributed by atoms with E-state index in [-0.39, 0.29) is 12.3 Å². The third-order valence-electron chi connectivity index (χ3n) is 2.93. The normalized spacial score (nSPS) is 10.3. The van der Waals surface area contributed by atoms with Gasteiger partial charge in [-0.25, -0.2) is 0 Å². The molecule has 1 amide bonds. The second kappa shape index (κ2) is 7.08. The van der Waals surface area contributed by atoms with Crippen molar-refractivity contribution in [2.24, 2.45) is 0 Å². The molecule has 1 aromatic heterocycles. The number of halogens is 1. The maximum atomic E-state index is 12.6. The van der Waals surface area contributed by atoms with Crippen LogP contribution in [0.3, 0.4) is 0 Å². The van der Waals surface area contributed by atoms with E-state index in [2.05, 4.69) is 15.9 Å². The van der Waals surface area contributed by atoms with Crippen LogP contribution >= 0.6 is 15.9 Å². The van der Waals surface area contributed by atoms with E-state index in [1.807, 2.05) is 30.3 Å². The lowest BCUT2D eigenvalue weighted by molar-refractivity contribution is -0.137. The van der Waals surface area contributed by atoms with Gasteiger partial charge in [0.15, 0.2) is 4.67 Å². The summed E-state index contributed by atoms with van der Waals surface area (Å²) >= 11 is 3.19. The Bertz CT molecular complexity index is 624. The second-order valence-corrected chi connectivity index (χ2v) is 5.12. The minimum atomic E-state index is -0.875. The van der Waals surface area contributed by atoms with E-state index in [0.717, 1.165) is 5.69 Å². The van der Waals surface area contributed by atoms with Gasteiger partial charge in [-0.3, -0.25) is 9.59 Å². The van der Waals surface area contributed by atoms with Crippen LogP contribution in [0, 0.1) is 0 Å². The molecule has 21 heavy (non-hydrogen) atoms. The summed E-state index contributed by atoms with van der Waals surface area (Å²) in [5, 5.41) is 8.74. The number of amides is 1. The molecule has 1 N–H and O–H groups in total. The number of benzene rings is 1. The minimum Gasteiger partial charge on any atom is -0.481 e. The van der Waals surface area contributed by atoms with E-state index in [0.29, 0.717) is 23.2 Å². The van der Waals surface area contributed by atoms with Crippen LogP contribution in [0.1, 0.15) is 23.2 Å². The lowest BCUT2D eigenvalue weighted by Crippen LogP contribution is -2.32. The van der Waals surface area contributed by atoms with E-state index in [1.165, 1.54) is 6.26 Å². The number of furan rings is 1. The summed E-state index contributed by atoms with van der Waals surface area (Å²) in [5.74, 6) is -1.10. The second-order valence-electron chi connectivity index (χ2n) is 4.40. The van der Waals surface area contributed by atoms with Gasteiger partial charge in [-0.15, -0.1) is 0 Å². The monoisotopic (exact) mass is 351 g/mol. The van der Waals surface area contributed by atoms with Crippen molar-refractivity contribution in [3.05, 3.63) is 52.9 Å². The van der Waals surface area contributed by atoms with Gasteiger partial charge in [0.2, 0.25) is 0 Å². The van der Waals surface area contributed by atoms with Crippen molar-refractivity contribution >= 4 is 33.5 Å². The van der Waals surface area contributed by atoms with E-state index in [4.69, 9.17) is 9.52 Å². The first-order valence-electron chi connectivity index (χ1n) is 6.41. The van der Waals surface area contributed by atoms with E-state index in [1.54, 1.807) is 11.0 Å².